The number of aliphatic hydroxyl groups excluding tert-OH is 1. The van der Waals surface area contributed by atoms with E-state index in [9.17, 15) is 5.11 Å². The molecule has 1 aromatic heterocycles. The minimum atomic E-state index is -0.514. The Morgan fingerprint density at radius 2 is 1.54 bits per heavy atom. The molecule has 24 heavy (non-hydrogen) atoms. The molecule has 1 atom stereocenters. The van der Waals surface area contributed by atoms with Gasteiger partial charge in [0.05, 0.1) is 11.8 Å². The quantitative estimate of drug-likeness (QED) is 0.690. The summed E-state index contributed by atoms with van der Waals surface area (Å²) in [4.78, 5) is 9.41. The lowest BCUT2D eigenvalue weighted by atomic mass is 10.1. The van der Waals surface area contributed by atoms with E-state index in [-0.39, 0.29) is 0 Å². The van der Waals surface area contributed by atoms with Crippen LogP contribution in [0.25, 0.3) is 22.6 Å². The first-order chi connectivity index (χ1) is 11.8. The van der Waals surface area contributed by atoms with Gasteiger partial charge in [-0.15, -0.1) is 6.58 Å². The fourth-order valence-electron chi connectivity index (χ4n) is 2.51. The van der Waals surface area contributed by atoms with Crippen LogP contribution in [-0.4, -0.2) is 21.2 Å². The monoisotopic (exact) mass is 316 g/mol. The standard InChI is InChI=1S/C21H20N2O/c1-2-19(24)14-13-18-15-20(16-9-5-3-6-10-16)23-21(22-18)17-11-7-4-8-12-17/h2-12,15,19,24H,1,13-14H2. The van der Waals surface area contributed by atoms with Gasteiger partial charge in [-0.05, 0) is 18.9 Å². The van der Waals surface area contributed by atoms with E-state index in [1.807, 2.05) is 66.7 Å². The van der Waals surface area contributed by atoms with Gasteiger partial charge < -0.3 is 5.11 Å². The molecule has 0 aliphatic carbocycles. The average molecular weight is 316 g/mol. The number of hydrogen-bond donors (Lipinski definition) is 1. The van der Waals surface area contributed by atoms with E-state index in [0.717, 1.165) is 22.5 Å². The van der Waals surface area contributed by atoms with Crippen molar-refractivity contribution in [3.63, 3.8) is 0 Å². The highest BCUT2D eigenvalue weighted by Gasteiger charge is 2.09. The first-order valence-corrected chi connectivity index (χ1v) is 8.05. The lowest BCUT2D eigenvalue weighted by molar-refractivity contribution is 0.213. The molecule has 3 rings (SSSR count). The van der Waals surface area contributed by atoms with Gasteiger partial charge in [0.25, 0.3) is 0 Å². The van der Waals surface area contributed by atoms with E-state index in [4.69, 9.17) is 4.98 Å². The summed E-state index contributed by atoms with van der Waals surface area (Å²) in [6, 6.07) is 22.0. The summed E-state index contributed by atoms with van der Waals surface area (Å²) in [6.45, 7) is 3.62. The topological polar surface area (TPSA) is 46.0 Å². The summed E-state index contributed by atoms with van der Waals surface area (Å²) < 4.78 is 0. The molecule has 0 aliphatic heterocycles. The maximum Gasteiger partial charge on any atom is 0.160 e. The van der Waals surface area contributed by atoms with Gasteiger partial charge in [-0.3, -0.25) is 0 Å². The second-order valence-corrected chi connectivity index (χ2v) is 5.64. The van der Waals surface area contributed by atoms with Crippen LogP contribution in [0.5, 0.6) is 0 Å². The van der Waals surface area contributed by atoms with Crippen molar-refractivity contribution in [1.82, 2.24) is 9.97 Å². The van der Waals surface area contributed by atoms with Crippen LogP contribution >= 0.6 is 0 Å². The number of hydrogen-bond acceptors (Lipinski definition) is 3. The summed E-state index contributed by atoms with van der Waals surface area (Å²) in [7, 11) is 0. The molecule has 3 aromatic rings. The van der Waals surface area contributed by atoms with Crippen LogP contribution in [0.15, 0.2) is 79.4 Å². The summed E-state index contributed by atoms with van der Waals surface area (Å²) in [5.41, 5.74) is 3.86. The third-order valence-corrected chi connectivity index (χ3v) is 3.85. The highest BCUT2D eigenvalue weighted by atomic mass is 16.3. The fourth-order valence-corrected chi connectivity index (χ4v) is 2.51. The summed E-state index contributed by atoms with van der Waals surface area (Å²) >= 11 is 0. The fraction of sp³-hybridized carbons (Fsp3) is 0.143. The van der Waals surface area contributed by atoms with Gasteiger partial charge in [-0.25, -0.2) is 9.97 Å². The van der Waals surface area contributed by atoms with Crippen LogP contribution in [0.2, 0.25) is 0 Å². The van der Waals surface area contributed by atoms with Crippen LogP contribution in [-0.2, 0) is 6.42 Å². The second-order valence-electron chi connectivity index (χ2n) is 5.64. The molecule has 1 unspecified atom stereocenters. The van der Waals surface area contributed by atoms with E-state index in [0.29, 0.717) is 18.7 Å². The number of nitrogens with zero attached hydrogens (tertiary/aromatic N) is 2. The van der Waals surface area contributed by atoms with Crippen molar-refractivity contribution < 1.29 is 5.11 Å². The van der Waals surface area contributed by atoms with Crippen LogP contribution in [0.3, 0.4) is 0 Å². The zero-order valence-corrected chi connectivity index (χ0v) is 13.5. The number of aryl methyl sites for hydroxylation is 1. The lowest BCUT2D eigenvalue weighted by Gasteiger charge is -2.10. The van der Waals surface area contributed by atoms with Crippen molar-refractivity contribution in [3.05, 3.63) is 85.1 Å². The van der Waals surface area contributed by atoms with Crippen molar-refractivity contribution in [2.24, 2.45) is 0 Å². The van der Waals surface area contributed by atoms with Crippen molar-refractivity contribution in [2.45, 2.75) is 18.9 Å². The number of aliphatic hydroxyl groups is 1. The predicted octanol–water partition coefficient (Wildman–Crippen LogP) is 4.29. The molecule has 0 radical (unpaired) electrons. The van der Waals surface area contributed by atoms with Crippen molar-refractivity contribution >= 4 is 0 Å². The Labute approximate surface area is 142 Å². The summed E-state index contributed by atoms with van der Waals surface area (Å²) in [6.07, 6.45) is 2.32. The van der Waals surface area contributed by atoms with Gasteiger partial charge in [0, 0.05) is 16.8 Å². The maximum absolute atomic E-state index is 9.73. The Morgan fingerprint density at radius 3 is 2.17 bits per heavy atom. The highest BCUT2D eigenvalue weighted by Crippen LogP contribution is 2.23. The number of rotatable bonds is 6. The first kappa shape index (κ1) is 16.1. The van der Waals surface area contributed by atoms with Crippen molar-refractivity contribution in [1.29, 1.82) is 0 Å². The second kappa shape index (κ2) is 7.66. The zero-order chi connectivity index (χ0) is 16.8. The lowest BCUT2D eigenvalue weighted by Crippen LogP contribution is -2.05. The molecule has 3 nitrogen and oxygen atoms in total. The van der Waals surface area contributed by atoms with Gasteiger partial charge in [0.2, 0.25) is 0 Å². The van der Waals surface area contributed by atoms with Crippen LogP contribution < -0.4 is 0 Å². The highest BCUT2D eigenvalue weighted by molar-refractivity contribution is 5.64. The van der Waals surface area contributed by atoms with Crippen LogP contribution in [0.1, 0.15) is 12.1 Å². The van der Waals surface area contributed by atoms with E-state index >= 15 is 0 Å². The normalized spacial score (nSPS) is 11.9. The van der Waals surface area contributed by atoms with E-state index in [2.05, 4.69) is 11.6 Å². The molecule has 1 heterocycles. The molecular weight excluding hydrogens is 296 g/mol. The summed E-state index contributed by atoms with van der Waals surface area (Å²) in [5, 5.41) is 9.73. The maximum atomic E-state index is 9.73. The Balaban J connectivity index is 2.01. The molecule has 0 bridgehead atoms. The average Bonchev–Trinajstić information content (AvgIpc) is 2.67. The van der Waals surface area contributed by atoms with Crippen LogP contribution in [0.4, 0.5) is 0 Å². The smallest absolute Gasteiger partial charge is 0.160 e. The minimum absolute atomic E-state index is 0.514. The van der Waals surface area contributed by atoms with Crippen LogP contribution in [0, 0.1) is 0 Å². The molecular formula is C21H20N2O. The van der Waals surface area contributed by atoms with Gasteiger partial charge in [-0.2, -0.15) is 0 Å². The molecule has 1 N–H and O–H groups in total. The molecule has 0 saturated heterocycles. The Bertz CT molecular complexity index is 743. The van der Waals surface area contributed by atoms with E-state index < -0.39 is 6.10 Å². The van der Waals surface area contributed by atoms with Gasteiger partial charge in [-0.1, -0.05) is 66.7 Å². The molecule has 0 fully saturated rings. The number of aromatic nitrogens is 2. The summed E-state index contributed by atoms with van der Waals surface area (Å²) in [5.74, 6) is 0.708. The molecule has 2 aromatic carbocycles. The van der Waals surface area contributed by atoms with Gasteiger partial charge >= 0.3 is 0 Å². The Morgan fingerprint density at radius 1 is 0.917 bits per heavy atom. The number of benzene rings is 2. The predicted molar refractivity (Wildman–Crippen MR) is 97.4 cm³/mol. The van der Waals surface area contributed by atoms with E-state index in [1.54, 1.807) is 6.08 Å². The molecule has 0 amide bonds. The van der Waals surface area contributed by atoms with Gasteiger partial charge in [0.1, 0.15) is 0 Å². The van der Waals surface area contributed by atoms with E-state index in [1.165, 1.54) is 0 Å². The first-order valence-electron chi connectivity index (χ1n) is 8.05. The van der Waals surface area contributed by atoms with Gasteiger partial charge in [0.15, 0.2) is 5.82 Å². The molecule has 3 heteroatoms. The van der Waals surface area contributed by atoms with Crippen molar-refractivity contribution in [3.8, 4) is 22.6 Å². The minimum Gasteiger partial charge on any atom is -0.389 e. The Kier molecular flexibility index (Phi) is 5.14. The SMILES string of the molecule is C=CC(O)CCc1cc(-c2ccccc2)nc(-c2ccccc2)n1. The largest absolute Gasteiger partial charge is 0.389 e. The molecule has 0 aliphatic rings. The molecule has 0 spiro atoms. The molecule has 0 saturated carbocycles. The Hall–Kier alpha value is -2.78. The molecule has 120 valence electrons. The third-order valence-electron chi connectivity index (χ3n) is 3.85. The zero-order valence-electron chi connectivity index (χ0n) is 13.5. The van der Waals surface area contributed by atoms with Crippen molar-refractivity contribution in [2.75, 3.05) is 0 Å². The third kappa shape index (κ3) is 3.94.